The van der Waals surface area contributed by atoms with Gasteiger partial charge in [0.1, 0.15) is 5.52 Å². The quantitative estimate of drug-likeness (QED) is 0.839. The Morgan fingerprint density at radius 2 is 2.14 bits per heavy atom. The third-order valence-electron chi connectivity index (χ3n) is 3.32. The molecule has 1 atom stereocenters. The molecule has 2 rings (SSSR count). The molecule has 112 valence electrons. The van der Waals surface area contributed by atoms with Gasteiger partial charge in [0.2, 0.25) is 0 Å². The van der Waals surface area contributed by atoms with Gasteiger partial charge in [-0.3, -0.25) is 9.59 Å². The third-order valence-corrected chi connectivity index (χ3v) is 3.32. The maximum Gasteiger partial charge on any atom is 0.305 e. The maximum atomic E-state index is 12.2. The summed E-state index contributed by atoms with van der Waals surface area (Å²) in [5.41, 5.74) is 1.97. The first-order chi connectivity index (χ1) is 10.0. The first kappa shape index (κ1) is 15.0. The summed E-state index contributed by atoms with van der Waals surface area (Å²) < 4.78 is 1.75. The van der Waals surface area contributed by atoms with Gasteiger partial charge in [0.05, 0.1) is 11.9 Å². The molecule has 0 fully saturated rings. The van der Waals surface area contributed by atoms with Gasteiger partial charge < -0.3 is 10.4 Å². The highest BCUT2D eigenvalue weighted by molar-refractivity contribution is 5.97. The lowest BCUT2D eigenvalue weighted by Gasteiger charge is -2.14. The summed E-state index contributed by atoms with van der Waals surface area (Å²) in [6, 6.07) is 4.78. The fraction of sp³-hybridized carbons (Fsp3) is 0.429. The van der Waals surface area contributed by atoms with Crippen molar-refractivity contribution in [2.75, 3.05) is 0 Å². The van der Waals surface area contributed by atoms with Crippen LogP contribution >= 0.6 is 0 Å². The summed E-state index contributed by atoms with van der Waals surface area (Å²) in [6.07, 6.45) is 0.475. The highest BCUT2D eigenvalue weighted by atomic mass is 16.4. The summed E-state index contributed by atoms with van der Waals surface area (Å²) in [7, 11) is 0. The Hall–Kier alpha value is -2.44. The zero-order valence-electron chi connectivity index (χ0n) is 12.0. The van der Waals surface area contributed by atoms with Crippen molar-refractivity contribution in [2.45, 2.75) is 39.3 Å². The number of carboxylic acid groups (broad SMARTS) is 1. The van der Waals surface area contributed by atoms with Crippen LogP contribution in [-0.2, 0) is 11.3 Å². The number of amides is 1. The molecule has 0 aliphatic rings. The van der Waals surface area contributed by atoms with Gasteiger partial charge in [-0.05, 0) is 31.5 Å². The molecule has 0 aliphatic carbocycles. The van der Waals surface area contributed by atoms with Gasteiger partial charge in [-0.15, -0.1) is 5.10 Å². The van der Waals surface area contributed by atoms with E-state index in [0.717, 1.165) is 5.52 Å². The molecule has 1 aromatic heterocycles. The van der Waals surface area contributed by atoms with Crippen LogP contribution in [-0.4, -0.2) is 38.0 Å². The number of hydrogen-bond donors (Lipinski definition) is 2. The van der Waals surface area contributed by atoms with Gasteiger partial charge >= 0.3 is 5.97 Å². The number of carbonyl (C=O) groups is 2. The topological polar surface area (TPSA) is 97.1 Å². The molecule has 2 aromatic rings. The number of rotatable bonds is 6. The Balaban J connectivity index is 2.17. The van der Waals surface area contributed by atoms with Crippen molar-refractivity contribution in [3.05, 3.63) is 23.8 Å². The zero-order chi connectivity index (χ0) is 15.4. The number of fused-ring (bicyclic) bond motifs is 1. The Labute approximate surface area is 121 Å². The number of aliphatic carboxylic acids is 1. The molecule has 0 bridgehead atoms. The van der Waals surface area contributed by atoms with E-state index in [1.807, 2.05) is 13.8 Å². The Morgan fingerprint density at radius 3 is 2.76 bits per heavy atom. The van der Waals surface area contributed by atoms with Crippen LogP contribution in [0.2, 0.25) is 0 Å². The average molecular weight is 290 g/mol. The molecule has 0 saturated heterocycles. The first-order valence-electron chi connectivity index (χ1n) is 6.91. The number of hydrogen-bond acceptors (Lipinski definition) is 4. The van der Waals surface area contributed by atoms with Crippen LogP contribution in [0.1, 0.15) is 37.0 Å². The number of nitrogens with zero attached hydrogens (tertiary/aromatic N) is 3. The highest BCUT2D eigenvalue weighted by Gasteiger charge is 2.16. The van der Waals surface area contributed by atoms with Crippen molar-refractivity contribution in [3.8, 4) is 0 Å². The molecule has 2 N–H and O–H groups in total. The van der Waals surface area contributed by atoms with Crippen LogP contribution in [0, 0.1) is 0 Å². The van der Waals surface area contributed by atoms with Crippen LogP contribution in [0.15, 0.2) is 18.2 Å². The Kier molecular flexibility index (Phi) is 4.52. The van der Waals surface area contributed by atoms with E-state index in [9.17, 15) is 9.59 Å². The van der Waals surface area contributed by atoms with E-state index >= 15 is 0 Å². The first-order valence-corrected chi connectivity index (χ1v) is 6.91. The predicted octanol–water partition coefficient (Wildman–Crippen LogP) is 1.43. The summed E-state index contributed by atoms with van der Waals surface area (Å²) in [5, 5.41) is 19.5. The monoisotopic (exact) mass is 290 g/mol. The van der Waals surface area contributed by atoms with Crippen LogP contribution in [0.3, 0.4) is 0 Å². The minimum absolute atomic E-state index is 0.0868. The Bertz CT molecular complexity index is 665. The number of carboxylic acids is 1. The largest absolute Gasteiger partial charge is 0.481 e. The van der Waals surface area contributed by atoms with Crippen molar-refractivity contribution in [1.82, 2.24) is 20.3 Å². The number of benzene rings is 1. The standard InChI is InChI=1S/C14H18N4O3/c1-3-10(8-13(19)20)15-14(21)9-5-6-12-11(7-9)16-17-18(12)4-2/h5-7,10H,3-4,8H2,1-2H3,(H,15,21)(H,19,20). The van der Waals surface area contributed by atoms with Crippen LogP contribution in [0.5, 0.6) is 0 Å². The lowest BCUT2D eigenvalue weighted by molar-refractivity contribution is -0.137. The van der Waals surface area contributed by atoms with Gasteiger partial charge in [-0.25, -0.2) is 4.68 Å². The van der Waals surface area contributed by atoms with E-state index in [0.29, 0.717) is 24.0 Å². The molecular formula is C14H18N4O3. The normalized spacial score (nSPS) is 12.3. The molecule has 1 heterocycles. The molecule has 0 radical (unpaired) electrons. The van der Waals surface area contributed by atoms with Crippen LogP contribution in [0.25, 0.3) is 11.0 Å². The molecular weight excluding hydrogens is 272 g/mol. The van der Waals surface area contributed by atoms with Gasteiger partial charge in [-0.2, -0.15) is 0 Å². The second-order valence-corrected chi connectivity index (χ2v) is 4.79. The van der Waals surface area contributed by atoms with Crippen LogP contribution < -0.4 is 5.32 Å². The molecule has 7 nitrogen and oxygen atoms in total. The van der Waals surface area contributed by atoms with E-state index in [2.05, 4.69) is 15.6 Å². The van der Waals surface area contributed by atoms with E-state index in [-0.39, 0.29) is 18.4 Å². The van der Waals surface area contributed by atoms with E-state index < -0.39 is 5.97 Å². The number of aryl methyl sites for hydroxylation is 1. The van der Waals surface area contributed by atoms with Gasteiger partial charge in [0.15, 0.2) is 0 Å². The molecule has 1 unspecified atom stereocenters. The molecule has 0 spiro atoms. The van der Waals surface area contributed by atoms with Crippen molar-refractivity contribution in [3.63, 3.8) is 0 Å². The minimum atomic E-state index is -0.927. The molecule has 1 amide bonds. The van der Waals surface area contributed by atoms with E-state index in [1.54, 1.807) is 22.9 Å². The van der Waals surface area contributed by atoms with Gasteiger partial charge in [-0.1, -0.05) is 12.1 Å². The zero-order valence-corrected chi connectivity index (χ0v) is 12.0. The molecule has 21 heavy (non-hydrogen) atoms. The van der Waals surface area contributed by atoms with Crippen molar-refractivity contribution in [2.24, 2.45) is 0 Å². The number of carbonyl (C=O) groups excluding carboxylic acids is 1. The smallest absolute Gasteiger partial charge is 0.305 e. The van der Waals surface area contributed by atoms with Crippen LogP contribution in [0.4, 0.5) is 0 Å². The van der Waals surface area contributed by atoms with Gasteiger partial charge in [0.25, 0.3) is 5.91 Å². The minimum Gasteiger partial charge on any atom is -0.481 e. The summed E-state index contributed by atoms with van der Waals surface area (Å²) in [4.78, 5) is 22.9. The average Bonchev–Trinajstić information content (AvgIpc) is 2.87. The van der Waals surface area contributed by atoms with E-state index in [1.165, 1.54) is 0 Å². The maximum absolute atomic E-state index is 12.2. The second kappa shape index (κ2) is 6.34. The lowest BCUT2D eigenvalue weighted by atomic mass is 10.1. The van der Waals surface area contributed by atoms with E-state index in [4.69, 9.17) is 5.11 Å². The number of aromatic nitrogens is 3. The molecule has 1 aromatic carbocycles. The molecule has 0 saturated carbocycles. The van der Waals surface area contributed by atoms with Crippen molar-refractivity contribution < 1.29 is 14.7 Å². The summed E-state index contributed by atoms with van der Waals surface area (Å²) in [6.45, 7) is 4.51. The fourth-order valence-electron chi connectivity index (χ4n) is 2.12. The third kappa shape index (κ3) is 3.36. The summed E-state index contributed by atoms with van der Waals surface area (Å²) >= 11 is 0. The second-order valence-electron chi connectivity index (χ2n) is 4.79. The van der Waals surface area contributed by atoms with Gasteiger partial charge in [0, 0.05) is 18.2 Å². The SMILES string of the molecule is CCC(CC(=O)O)NC(=O)c1ccc2c(c1)nnn2CC. The Morgan fingerprint density at radius 1 is 1.38 bits per heavy atom. The highest BCUT2D eigenvalue weighted by Crippen LogP contribution is 2.14. The van der Waals surface area contributed by atoms with Crippen molar-refractivity contribution >= 4 is 22.9 Å². The van der Waals surface area contributed by atoms with Crippen molar-refractivity contribution in [1.29, 1.82) is 0 Å². The molecule has 0 aliphatic heterocycles. The predicted molar refractivity (Wildman–Crippen MR) is 77.0 cm³/mol. The fourth-order valence-corrected chi connectivity index (χ4v) is 2.12. The molecule has 7 heteroatoms. The summed E-state index contributed by atoms with van der Waals surface area (Å²) in [5.74, 6) is -1.22. The number of nitrogens with one attached hydrogen (secondary N) is 1. The lowest BCUT2D eigenvalue weighted by Crippen LogP contribution is -2.36.